The van der Waals surface area contributed by atoms with E-state index in [9.17, 15) is 9.90 Å². The summed E-state index contributed by atoms with van der Waals surface area (Å²) >= 11 is 3.33. The second kappa shape index (κ2) is 5.69. The Kier molecular flexibility index (Phi) is 3.99. The molecule has 4 heteroatoms. The van der Waals surface area contributed by atoms with Crippen LogP contribution in [-0.2, 0) is 6.54 Å². The van der Waals surface area contributed by atoms with Crippen LogP contribution in [0.2, 0.25) is 0 Å². The van der Waals surface area contributed by atoms with E-state index in [2.05, 4.69) is 15.9 Å². The zero-order valence-electron chi connectivity index (χ0n) is 9.58. The minimum atomic E-state index is -0.957. The number of nitrogens with zero attached hydrogens (tertiary/aromatic N) is 1. The summed E-state index contributed by atoms with van der Waals surface area (Å²) in [5.41, 5.74) is 1.62. The van der Waals surface area contributed by atoms with Crippen molar-refractivity contribution in [2.75, 3.05) is 4.90 Å². The van der Waals surface area contributed by atoms with E-state index in [1.807, 2.05) is 42.5 Å². The van der Waals surface area contributed by atoms with Crippen LogP contribution in [0.5, 0.6) is 0 Å². The second-order valence-electron chi connectivity index (χ2n) is 3.83. The maximum atomic E-state index is 11.3. The van der Waals surface area contributed by atoms with Crippen LogP contribution in [0.15, 0.2) is 59.1 Å². The number of rotatable bonds is 3. The molecule has 3 nitrogen and oxygen atoms in total. The van der Waals surface area contributed by atoms with Crippen molar-refractivity contribution in [3.63, 3.8) is 0 Å². The summed E-state index contributed by atoms with van der Waals surface area (Å²) in [6, 6.07) is 16.8. The van der Waals surface area contributed by atoms with Gasteiger partial charge in [0.25, 0.3) is 0 Å². The SMILES string of the molecule is O=C(O)N(Cc1ccccc1)c1ccc(Br)cc1. The molecule has 2 aromatic rings. The highest BCUT2D eigenvalue weighted by molar-refractivity contribution is 9.10. The molecule has 0 aliphatic rings. The molecule has 0 unspecified atom stereocenters. The lowest BCUT2D eigenvalue weighted by atomic mass is 10.2. The van der Waals surface area contributed by atoms with Crippen molar-refractivity contribution in [1.82, 2.24) is 0 Å². The van der Waals surface area contributed by atoms with Crippen LogP contribution < -0.4 is 4.90 Å². The first kappa shape index (κ1) is 12.6. The summed E-state index contributed by atoms with van der Waals surface area (Å²) in [6.45, 7) is 0.345. The molecule has 0 aromatic heterocycles. The molecule has 0 atom stereocenters. The van der Waals surface area contributed by atoms with Gasteiger partial charge >= 0.3 is 6.09 Å². The van der Waals surface area contributed by atoms with Crippen LogP contribution in [0.4, 0.5) is 10.5 Å². The molecule has 2 aromatic carbocycles. The first-order valence-corrected chi connectivity index (χ1v) is 6.26. The van der Waals surface area contributed by atoms with Gasteiger partial charge in [0.1, 0.15) is 0 Å². The maximum absolute atomic E-state index is 11.3. The minimum Gasteiger partial charge on any atom is -0.465 e. The Morgan fingerprint density at radius 1 is 1.06 bits per heavy atom. The fraction of sp³-hybridized carbons (Fsp3) is 0.0714. The number of amides is 1. The summed E-state index contributed by atoms with van der Waals surface area (Å²) in [5.74, 6) is 0. The molecular weight excluding hydrogens is 294 g/mol. The molecule has 92 valence electrons. The number of hydrogen-bond acceptors (Lipinski definition) is 1. The van der Waals surface area contributed by atoms with Crippen LogP contribution in [0.1, 0.15) is 5.56 Å². The molecule has 0 heterocycles. The molecule has 0 saturated carbocycles. The smallest absolute Gasteiger partial charge is 0.412 e. The third-order valence-corrected chi connectivity index (χ3v) is 3.08. The number of hydrogen-bond donors (Lipinski definition) is 1. The van der Waals surface area contributed by atoms with Gasteiger partial charge < -0.3 is 5.11 Å². The lowest BCUT2D eigenvalue weighted by Crippen LogP contribution is -2.28. The van der Waals surface area contributed by atoms with Gasteiger partial charge in [-0.25, -0.2) is 4.79 Å². The lowest BCUT2D eigenvalue weighted by Gasteiger charge is -2.19. The molecule has 0 aliphatic carbocycles. The van der Waals surface area contributed by atoms with Crippen LogP contribution >= 0.6 is 15.9 Å². The van der Waals surface area contributed by atoms with Crippen molar-refractivity contribution in [2.24, 2.45) is 0 Å². The van der Waals surface area contributed by atoms with Crippen molar-refractivity contribution in [1.29, 1.82) is 0 Å². The summed E-state index contributed by atoms with van der Waals surface area (Å²) < 4.78 is 0.927. The maximum Gasteiger partial charge on any atom is 0.412 e. The molecule has 0 aliphatic heterocycles. The summed E-state index contributed by atoms with van der Waals surface area (Å²) in [7, 11) is 0. The second-order valence-corrected chi connectivity index (χ2v) is 4.75. The lowest BCUT2D eigenvalue weighted by molar-refractivity contribution is 0.201. The third-order valence-electron chi connectivity index (χ3n) is 2.55. The van der Waals surface area contributed by atoms with Crippen molar-refractivity contribution >= 4 is 27.7 Å². The average Bonchev–Trinajstić information content (AvgIpc) is 2.38. The van der Waals surface area contributed by atoms with E-state index in [1.165, 1.54) is 4.90 Å². The van der Waals surface area contributed by atoms with Crippen molar-refractivity contribution in [3.8, 4) is 0 Å². The topological polar surface area (TPSA) is 40.5 Å². The molecular formula is C14H12BrNO2. The highest BCUT2D eigenvalue weighted by Gasteiger charge is 2.14. The van der Waals surface area contributed by atoms with Gasteiger partial charge in [-0.15, -0.1) is 0 Å². The molecule has 18 heavy (non-hydrogen) atoms. The highest BCUT2D eigenvalue weighted by atomic mass is 79.9. The first-order valence-electron chi connectivity index (χ1n) is 5.47. The van der Waals surface area contributed by atoms with Gasteiger partial charge in [-0.3, -0.25) is 4.90 Å². The van der Waals surface area contributed by atoms with Gasteiger partial charge in [-0.1, -0.05) is 46.3 Å². The molecule has 0 fully saturated rings. The van der Waals surface area contributed by atoms with Gasteiger partial charge in [0, 0.05) is 10.2 Å². The zero-order chi connectivity index (χ0) is 13.0. The number of anilines is 1. The van der Waals surface area contributed by atoms with E-state index in [0.29, 0.717) is 12.2 Å². The molecule has 0 spiro atoms. The van der Waals surface area contributed by atoms with E-state index < -0.39 is 6.09 Å². The Morgan fingerprint density at radius 3 is 2.22 bits per heavy atom. The molecule has 0 saturated heterocycles. The van der Waals surface area contributed by atoms with E-state index in [4.69, 9.17) is 0 Å². The molecule has 0 bridgehead atoms. The number of carboxylic acid groups (broad SMARTS) is 1. The van der Waals surface area contributed by atoms with E-state index in [0.717, 1.165) is 10.0 Å². The van der Waals surface area contributed by atoms with Gasteiger partial charge in [-0.2, -0.15) is 0 Å². The van der Waals surface area contributed by atoms with Gasteiger partial charge in [0.05, 0.1) is 6.54 Å². The monoisotopic (exact) mass is 305 g/mol. The first-order chi connectivity index (χ1) is 8.66. The average molecular weight is 306 g/mol. The van der Waals surface area contributed by atoms with Gasteiger partial charge in [0.2, 0.25) is 0 Å². The summed E-state index contributed by atoms with van der Waals surface area (Å²) in [4.78, 5) is 12.6. The summed E-state index contributed by atoms with van der Waals surface area (Å²) in [6.07, 6.45) is -0.957. The van der Waals surface area contributed by atoms with E-state index >= 15 is 0 Å². The van der Waals surface area contributed by atoms with Crippen molar-refractivity contribution in [3.05, 3.63) is 64.6 Å². The fourth-order valence-corrected chi connectivity index (χ4v) is 1.92. The Balaban J connectivity index is 2.24. The third kappa shape index (κ3) is 3.11. The Bertz CT molecular complexity index is 525. The number of benzene rings is 2. The quantitative estimate of drug-likeness (QED) is 0.926. The van der Waals surface area contributed by atoms with Crippen LogP contribution in [0.25, 0.3) is 0 Å². The van der Waals surface area contributed by atoms with Crippen LogP contribution in [0.3, 0.4) is 0 Å². The molecule has 1 amide bonds. The molecule has 2 rings (SSSR count). The van der Waals surface area contributed by atoms with Crippen LogP contribution in [0, 0.1) is 0 Å². The Labute approximate surface area is 114 Å². The standard InChI is InChI=1S/C14H12BrNO2/c15-12-6-8-13(9-7-12)16(14(17)18)10-11-4-2-1-3-5-11/h1-9H,10H2,(H,17,18). The summed E-state index contributed by atoms with van der Waals surface area (Å²) in [5, 5.41) is 9.27. The van der Waals surface area contributed by atoms with E-state index in [-0.39, 0.29) is 0 Å². The largest absolute Gasteiger partial charge is 0.465 e. The van der Waals surface area contributed by atoms with E-state index in [1.54, 1.807) is 12.1 Å². The number of carbonyl (C=O) groups is 1. The van der Waals surface area contributed by atoms with Gasteiger partial charge in [0.15, 0.2) is 0 Å². The molecule has 1 N–H and O–H groups in total. The number of halogens is 1. The van der Waals surface area contributed by atoms with Gasteiger partial charge in [-0.05, 0) is 29.8 Å². The highest BCUT2D eigenvalue weighted by Crippen LogP contribution is 2.20. The molecule has 0 radical (unpaired) electrons. The Hall–Kier alpha value is -1.81. The van der Waals surface area contributed by atoms with Crippen LogP contribution in [-0.4, -0.2) is 11.2 Å². The van der Waals surface area contributed by atoms with Crippen molar-refractivity contribution < 1.29 is 9.90 Å². The minimum absolute atomic E-state index is 0.345. The van der Waals surface area contributed by atoms with Crippen molar-refractivity contribution in [2.45, 2.75) is 6.54 Å². The normalized spacial score (nSPS) is 10.1. The Morgan fingerprint density at radius 2 is 1.67 bits per heavy atom. The predicted octanol–water partition coefficient (Wildman–Crippen LogP) is 4.13. The predicted molar refractivity (Wildman–Crippen MR) is 74.8 cm³/mol. The fourth-order valence-electron chi connectivity index (χ4n) is 1.66. The zero-order valence-corrected chi connectivity index (χ0v) is 11.2.